The first-order valence-corrected chi connectivity index (χ1v) is 18.5. The predicted molar refractivity (Wildman–Crippen MR) is 217 cm³/mol. The number of methoxy groups -OCH3 is 1. The number of ether oxygens (including phenoxy) is 3. The molecule has 0 radical (unpaired) electrons. The number of benzene rings is 6. The highest BCUT2D eigenvalue weighted by Crippen LogP contribution is 2.45. The summed E-state index contributed by atoms with van der Waals surface area (Å²) in [5.74, 6) is 1.24. The van der Waals surface area contributed by atoms with E-state index in [2.05, 4.69) is 47.8 Å². The molecule has 0 bridgehead atoms. The Morgan fingerprint density at radius 3 is 1.88 bits per heavy atom. The van der Waals surface area contributed by atoms with E-state index in [0.717, 1.165) is 16.7 Å². The Kier molecular flexibility index (Phi) is 11.1. The van der Waals surface area contributed by atoms with Crippen molar-refractivity contribution in [3.63, 3.8) is 0 Å². The molecule has 0 amide bonds. The van der Waals surface area contributed by atoms with Gasteiger partial charge in [0.15, 0.2) is 23.2 Å². The van der Waals surface area contributed by atoms with E-state index in [0.29, 0.717) is 46.6 Å². The molecule has 1 aromatic heterocycles. The fourth-order valence-electron chi connectivity index (χ4n) is 7.09. The van der Waals surface area contributed by atoms with Crippen LogP contribution in [0.15, 0.2) is 152 Å². The molecule has 0 saturated carbocycles. The summed E-state index contributed by atoms with van der Waals surface area (Å²) in [6.45, 7) is 5.93. The Hall–Kier alpha value is -6.92. The maximum atomic E-state index is 17.3. The van der Waals surface area contributed by atoms with Crippen molar-refractivity contribution in [1.82, 2.24) is 14.8 Å². The molecular weight excluding hydrogens is 702 g/mol. The normalized spacial score (nSPS) is 11.8. The van der Waals surface area contributed by atoms with Gasteiger partial charge in [0.2, 0.25) is 0 Å². The first-order valence-electron chi connectivity index (χ1n) is 18.5. The van der Waals surface area contributed by atoms with Gasteiger partial charge in [0, 0.05) is 17.3 Å². The van der Waals surface area contributed by atoms with Crippen LogP contribution in [0.25, 0.3) is 11.4 Å². The fourth-order valence-corrected chi connectivity index (χ4v) is 7.09. The summed E-state index contributed by atoms with van der Waals surface area (Å²) >= 11 is 0. The van der Waals surface area contributed by atoms with Crippen LogP contribution in [0.4, 0.5) is 10.1 Å². The zero-order valence-electron chi connectivity index (χ0n) is 31.7. The summed E-state index contributed by atoms with van der Waals surface area (Å²) in [6, 6.07) is 49.4. The van der Waals surface area contributed by atoms with E-state index < -0.39 is 17.4 Å². The van der Waals surface area contributed by atoms with Gasteiger partial charge in [0.25, 0.3) is 0 Å². The maximum absolute atomic E-state index is 17.3. The van der Waals surface area contributed by atoms with Crippen molar-refractivity contribution in [3.8, 4) is 34.7 Å². The zero-order chi connectivity index (χ0) is 39.1. The van der Waals surface area contributed by atoms with E-state index in [9.17, 15) is 5.26 Å². The minimum Gasteiger partial charge on any atom is -0.496 e. The van der Waals surface area contributed by atoms with E-state index in [4.69, 9.17) is 24.3 Å². The maximum Gasteiger partial charge on any atom is 0.185 e. The van der Waals surface area contributed by atoms with E-state index >= 15 is 4.39 Å². The van der Waals surface area contributed by atoms with E-state index in [1.54, 1.807) is 43.5 Å². The molecule has 8 nitrogen and oxygen atoms in total. The number of para-hydroxylation sites is 1. The minimum absolute atomic E-state index is 0.0454. The van der Waals surface area contributed by atoms with E-state index in [1.807, 2.05) is 104 Å². The second-order valence-corrected chi connectivity index (χ2v) is 13.4. The minimum atomic E-state index is -1.14. The van der Waals surface area contributed by atoms with Crippen molar-refractivity contribution in [1.29, 1.82) is 5.26 Å². The topological polar surface area (TPSA) is 94.2 Å². The smallest absolute Gasteiger partial charge is 0.185 e. The van der Waals surface area contributed by atoms with Crippen LogP contribution in [-0.2, 0) is 5.54 Å². The molecule has 1 atom stereocenters. The predicted octanol–water partition coefficient (Wildman–Crippen LogP) is 10.2. The van der Waals surface area contributed by atoms with Gasteiger partial charge >= 0.3 is 0 Å². The largest absolute Gasteiger partial charge is 0.496 e. The molecule has 1 unspecified atom stereocenters. The number of nitrogens with zero attached hydrogens (tertiary/aromatic N) is 4. The van der Waals surface area contributed by atoms with Crippen LogP contribution in [0.5, 0.6) is 17.2 Å². The number of nitrogens with one attached hydrogen (secondary N) is 1. The van der Waals surface area contributed by atoms with Gasteiger partial charge in [-0.25, -0.2) is 14.1 Å². The summed E-state index contributed by atoms with van der Waals surface area (Å²) in [4.78, 5) is 5.35. The Morgan fingerprint density at radius 2 is 1.34 bits per heavy atom. The number of anilines is 1. The van der Waals surface area contributed by atoms with Crippen molar-refractivity contribution < 1.29 is 18.6 Å². The molecular formula is C47H42FN5O3. The number of hydrogen-bond acceptors (Lipinski definition) is 7. The first kappa shape index (κ1) is 37.4. The number of aromatic nitrogens is 3. The molecule has 6 aromatic carbocycles. The van der Waals surface area contributed by atoms with Gasteiger partial charge in [0.1, 0.15) is 23.1 Å². The average Bonchev–Trinajstić information content (AvgIpc) is 3.68. The van der Waals surface area contributed by atoms with Gasteiger partial charge in [-0.15, -0.1) is 5.10 Å². The lowest BCUT2D eigenvalue weighted by molar-refractivity contribution is 0.228. The first-order chi connectivity index (χ1) is 27.4. The molecule has 9 heteroatoms. The van der Waals surface area contributed by atoms with Gasteiger partial charge in [-0.1, -0.05) is 103 Å². The quantitative estimate of drug-likeness (QED) is 0.111. The van der Waals surface area contributed by atoms with E-state index in [1.165, 1.54) is 0 Å². The molecule has 280 valence electrons. The van der Waals surface area contributed by atoms with Gasteiger partial charge in [-0.3, -0.25) is 0 Å². The van der Waals surface area contributed by atoms with Crippen LogP contribution in [0.3, 0.4) is 0 Å². The molecule has 0 aliphatic heterocycles. The van der Waals surface area contributed by atoms with Crippen LogP contribution >= 0.6 is 0 Å². The third kappa shape index (κ3) is 7.29. The van der Waals surface area contributed by atoms with Crippen molar-refractivity contribution in [3.05, 3.63) is 191 Å². The van der Waals surface area contributed by atoms with Gasteiger partial charge < -0.3 is 19.5 Å². The Labute approximate surface area is 326 Å². The van der Waals surface area contributed by atoms with Gasteiger partial charge in [-0.2, -0.15) is 5.26 Å². The third-order valence-corrected chi connectivity index (χ3v) is 9.48. The molecule has 0 aliphatic rings. The molecule has 7 rings (SSSR count). The number of rotatable bonds is 14. The second-order valence-electron chi connectivity index (χ2n) is 13.4. The van der Waals surface area contributed by atoms with Crippen LogP contribution in [0.1, 0.15) is 60.5 Å². The summed E-state index contributed by atoms with van der Waals surface area (Å²) in [7, 11) is 1.61. The average molecular weight is 744 g/mol. The van der Waals surface area contributed by atoms with Crippen LogP contribution < -0.4 is 19.5 Å². The summed E-state index contributed by atoms with van der Waals surface area (Å²) in [5.41, 5.74) is 3.56. The standard InChI is InChI=1S/C47H42FN5O3/c1-5-55-38-29-40(43(48)42(30-38)56-32(2)3)44(50-37-27-25-33(31-49)26-28-37)46-51-45(39-23-15-16-24-41(39)54-4)52-53(46)47(34-17-9-6-10-18-34,35-19-11-7-12-20-35)36-21-13-8-14-22-36/h6-30,32,44,50H,5H2,1-4H3. The molecule has 56 heavy (non-hydrogen) atoms. The van der Waals surface area contributed by atoms with Gasteiger partial charge in [0.05, 0.1) is 37.0 Å². The molecule has 1 heterocycles. The highest BCUT2D eigenvalue weighted by atomic mass is 19.1. The van der Waals surface area contributed by atoms with Crippen molar-refractivity contribution in [2.24, 2.45) is 0 Å². The lowest BCUT2D eigenvalue weighted by atomic mass is 9.77. The fraction of sp³-hybridized carbons (Fsp3) is 0.170. The van der Waals surface area contributed by atoms with Crippen molar-refractivity contribution in [2.45, 2.75) is 38.5 Å². The van der Waals surface area contributed by atoms with Crippen molar-refractivity contribution >= 4 is 5.69 Å². The molecule has 0 saturated heterocycles. The molecule has 0 fully saturated rings. The SMILES string of the molecule is CCOc1cc(OC(C)C)c(F)c(C(Nc2ccc(C#N)cc2)c2nc(-c3ccccc3OC)nn2C(c2ccccc2)(c2ccccc2)c2ccccc2)c1. The summed E-state index contributed by atoms with van der Waals surface area (Å²) in [5, 5.41) is 18.6. The Morgan fingerprint density at radius 1 is 0.768 bits per heavy atom. The highest BCUT2D eigenvalue weighted by molar-refractivity contribution is 5.65. The highest BCUT2D eigenvalue weighted by Gasteiger charge is 2.44. The van der Waals surface area contributed by atoms with Crippen LogP contribution in [0, 0.1) is 17.1 Å². The number of hydrogen-bond donors (Lipinski definition) is 1. The Balaban J connectivity index is 1.64. The van der Waals surface area contributed by atoms with Crippen LogP contribution in [0.2, 0.25) is 0 Å². The van der Waals surface area contributed by atoms with Crippen LogP contribution in [-0.4, -0.2) is 34.6 Å². The third-order valence-electron chi connectivity index (χ3n) is 9.48. The lowest BCUT2D eigenvalue weighted by Crippen LogP contribution is -2.41. The monoisotopic (exact) mass is 743 g/mol. The Bertz CT molecular complexity index is 2330. The summed E-state index contributed by atoms with van der Waals surface area (Å²) in [6.07, 6.45) is -0.318. The lowest BCUT2D eigenvalue weighted by Gasteiger charge is -2.38. The molecule has 7 aromatic rings. The van der Waals surface area contributed by atoms with E-state index in [-0.39, 0.29) is 17.4 Å². The molecule has 1 N–H and O–H groups in total. The van der Waals surface area contributed by atoms with Gasteiger partial charge in [-0.05, 0) is 79.9 Å². The zero-order valence-corrected chi connectivity index (χ0v) is 31.7. The summed E-state index contributed by atoms with van der Waals surface area (Å²) < 4.78 is 37.2. The van der Waals surface area contributed by atoms with Crippen molar-refractivity contribution in [2.75, 3.05) is 19.0 Å². The molecule has 0 aliphatic carbocycles. The number of halogens is 1. The second kappa shape index (κ2) is 16.6. The molecule has 0 spiro atoms. The number of nitriles is 1.